The number of halogens is 2. The second-order valence-corrected chi connectivity index (χ2v) is 5.59. The van der Waals surface area contributed by atoms with Gasteiger partial charge >= 0.3 is 0 Å². The van der Waals surface area contributed by atoms with E-state index in [1.807, 2.05) is 32.0 Å². The molecule has 0 aliphatic carbocycles. The molecule has 4 heteroatoms. The highest BCUT2D eigenvalue weighted by Crippen LogP contribution is 2.25. The van der Waals surface area contributed by atoms with Gasteiger partial charge in [0, 0.05) is 27.4 Å². The van der Waals surface area contributed by atoms with Crippen molar-refractivity contribution < 1.29 is 4.79 Å². The SMILES string of the molecule is Cc1ccc(C)c(NC(=O)/C=C/c2c(Cl)cccc2Cl)c1. The molecule has 0 aliphatic rings. The molecule has 0 heterocycles. The number of aryl methyl sites for hydroxylation is 2. The molecule has 0 saturated carbocycles. The van der Waals surface area contributed by atoms with Crippen LogP contribution in [0.5, 0.6) is 0 Å². The van der Waals surface area contributed by atoms with Crippen LogP contribution in [0.3, 0.4) is 0 Å². The summed E-state index contributed by atoms with van der Waals surface area (Å²) >= 11 is 12.1. The van der Waals surface area contributed by atoms with E-state index >= 15 is 0 Å². The summed E-state index contributed by atoms with van der Waals surface area (Å²) in [5.41, 5.74) is 3.54. The molecule has 2 rings (SSSR count). The van der Waals surface area contributed by atoms with Gasteiger partial charge in [0.1, 0.15) is 0 Å². The monoisotopic (exact) mass is 319 g/mol. The molecule has 0 atom stereocenters. The first-order valence-corrected chi connectivity index (χ1v) is 7.23. The number of benzene rings is 2. The molecule has 21 heavy (non-hydrogen) atoms. The maximum Gasteiger partial charge on any atom is 0.248 e. The molecule has 0 fully saturated rings. The summed E-state index contributed by atoms with van der Waals surface area (Å²) in [6.07, 6.45) is 3.04. The van der Waals surface area contributed by atoms with E-state index in [1.54, 1.807) is 24.3 Å². The Balaban J connectivity index is 2.15. The smallest absolute Gasteiger partial charge is 0.248 e. The molecule has 0 radical (unpaired) electrons. The average Bonchev–Trinajstić information content (AvgIpc) is 2.42. The van der Waals surface area contributed by atoms with Gasteiger partial charge in [0.25, 0.3) is 0 Å². The van der Waals surface area contributed by atoms with Gasteiger partial charge in [-0.2, -0.15) is 0 Å². The van der Waals surface area contributed by atoms with Crippen molar-refractivity contribution in [2.24, 2.45) is 0 Å². The number of hydrogen-bond acceptors (Lipinski definition) is 1. The Morgan fingerprint density at radius 3 is 2.43 bits per heavy atom. The van der Waals surface area contributed by atoms with E-state index in [-0.39, 0.29) is 5.91 Å². The van der Waals surface area contributed by atoms with Gasteiger partial charge in [-0.25, -0.2) is 0 Å². The summed E-state index contributed by atoms with van der Waals surface area (Å²) in [7, 11) is 0. The maximum absolute atomic E-state index is 12.0. The molecular weight excluding hydrogens is 305 g/mol. The predicted molar refractivity (Wildman–Crippen MR) is 90.0 cm³/mol. The minimum absolute atomic E-state index is 0.223. The molecule has 0 spiro atoms. The summed E-state index contributed by atoms with van der Waals surface area (Å²) in [5, 5.41) is 3.87. The summed E-state index contributed by atoms with van der Waals surface area (Å²) in [6, 6.07) is 11.1. The molecule has 108 valence electrons. The molecular formula is C17H15Cl2NO. The topological polar surface area (TPSA) is 29.1 Å². The van der Waals surface area contributed by atoms with Gasteiger partial charge in [-0.05, 0) is 49.2 Å². The molecule has 0 unspecified atom stereocenters. The van der Waals surface area contributed by atoms with E-state index in [0.29, 0.717) is 15.6 Å². The number of rotatable bonds is 3. The molecule has 1 amide bonds. The highest BCUT2D eigenvalue weighted by atomic mass is 35.5. The molecule has 0 aromatic heterocycles. The van der Waals surface area contributed by atoms with Crippen LogP contribution in [0.15, 0.2) is 42.5 Å². The van der Waals surface area contributed by atoms with Crippen molar-refractivity contribution in [3.63, 3.8) is 0 Å². The van der Waals surface area contributed by atoms with Gasteiger partial charge in [-0.1, -0.05) is 41.4 Å². The maximum atomic E-state index is 12.0. The zero-order chi connectivity index (χ0) is 15.4. The second kappa shape index (κ2) is 6.79. The predicted octanol–water partition coefficient (Wildman–Crippen LogP) is 5.26. The van der Waals surface area contributed by atoms with Crippen molar-refractivity contribution >= 4 is 40.9 Å². The Morgan fingerprint density at radius 1 is 1.10 bits per heavy atom. The molecule has 0 saturated heterocycles. The lowest BCUT2D eigenvalue weighted by molar-refractivity contribution is -0.111. The molecule has 2 aromatic carbocycles. The van der Waals surface area contributed by atoms with Crippen LogP contribution in [-0.2, 0) is 4.79 Å². The third-order valence-corrected chi connectivity index (χ3v) is 3.71. The quantitative estimate of drug-likeness (QED) is 0.768. The van der Waals surface area contributed by atoms with E-state index in [2.05, 4.69) is 5.32 Å². The highest BCUT2D eigenvalue weighted by molar-refractivity contribution is 6.37. The zero-order valence-electron chi connectivity index (χ0n) is 11.8. The van der Waals surface area contributed by atoms with Crippen LogP contribution < -0.4 is 5.32 Å². The molecule has 2 nitrogen and oxygen atoms in total. The Kier molecular flexibility index (Phi) is 5.05. The van der Waals surface area contributed by atoms with Gasteiger partial charge in [0.2, 0.25) is 5.91 Å². The Bertz CT molecular complexity index is 688. The van der Waals surface area contributed by atoms with Crippen molar-refractivity contribution in [1.82, 2.24) is 0 Å². The molecule has 1 N–H and O–H groups in total. The minimum atomic E-state index is -0.223. The van der Waals surface area contributed by atoms with E-state index in [9.17, 15) is 4.79 Å². The summed E-state index contributed by atoms with van der Waals surface area (Å²) in [5.74, 6) is -0.223. The van der Waals surface area contributed by atoms with Gasteiger partial charge in [0.15, 0.2) is 0 Å². The van der Waals surface area contributed by atoms with Crippen LogP contribution in [0.25, 0.3) is 6.08 Å². The molecule has 0 aliphatic heterocycles. The zero-order valence-corrected chi connectivity index (χ0v) is 13.3. The van der Waals surface area contributed by atoms with E-state index in [4.69, 9.17) is 23.2 Å². The number of hydrogen-bond donors (Lipinski definition) is 1. The number of nitrogens with one attached hydrogen (secondary N) is 1. The number of carbonyl (C=O) groups excluding carboxylic acids is 1. The van der Waals surface area contributed by atoms with E-state index in [1.165, 1.54) is 6.08 Å². The van der Waals surface area contributed by atoms with E-state index in [0.717, 1.165) is 16.8 Å². The number of amides is 1. The third kappa shape index (κ3) is 4.10. The van der Waals surface area contributed by atoms with Crippen LogP contribution >= 0.6 is 23.2 Å². The lowest BCUT2D eigenvalue weighted by Crippen LogP contribution is -2.09. The van der Waals surface area contributed by atoms with Crippen molar-refractivity contribution in [3.8, 4) is 0 Å². The molecule has 2 aromatic rings. The lowest BCUT2D eigenvalue weighted by atomic mass is 10.1. The normalized spacial score (nSPS) is 10.9. The molecule has 0 bridgehead atoms. The fourth-order valence-electron chi connectivity index (χ4n) is 1.87. The number of anilines is 1. The third-order valence-electron chi connectivity index (χ3n) is 3.05. The Morgan fingerprint density at radius 2 is 1.76 bits per heavy atom. The van der Waals surface area contributed by atoms with Crippen molar-refractivity contribution in [1.29, 1.82) is 0 Å². The Hall–Kier alpha value is -1.77. The largest absolute Gasteiger partial charge is 0.322 e. The van der Waals surface area contributed by atoms with Crippen molar-refractivity contribution in [3.05, 3.63) is 69.2 Å². The second-order valence-electron chi connectivity index (χ2n) is 4.78. The van der Waals surface area contributed by atoms with Crippen LogP contribution in [0.2, 0.25) is 10.0 Å². The average molecular weight is 320 g/mol. The fraction of sp³-hybridized carbons (Fsp3) is 0.118. The van der Waals surface area contributed by atoms with Crippen LogP contribution in [0, 0.1) is 13.8 Å². The van der Waals surface area contributed by atoms with Crippen LogP contribution in [0.4, 0.5) is 5.69 Å². The summed E-state index contributed by atoms with van der Waals surface area (Å²) < 4.78 is 0. The van der Waals surface area contributed by atoms with Crippen LogP contribution in [0.1, 0.15) is 16.7 Å². The van der Waals surface area contributed by atoms with Crippen molar-refractivity contribution in [2.75, 3.05) is 5.32 Å². The highest BCUT2D eigenvalue weighted by Gasteiger charge is 2.04. The van der Waals surface area contributed by atoms with Gasteiger partial charge in [-0.15, -0.1) is 0 Å². The minimum Gasteiger partial charge on any atom is -0.322 e. The van der Waals surface area contributed by atoms with Gasteiger partial charge in [0.05, 0.1) is 0 Å². The summed E-state index contributed by atoms with van der Waals surface area (Å²) in [6.45, 7) is 3.93. The Labute approximate surface area is 134 Å². The first kappa shape index (κ1) is 15.6. The first-order valence-electron chi connectivity index (χ1n) is 6.47. The number of carbonyl (C=O) groups is 1. The first-order chi connectivity index (χ1) is 9.97. The van der Waals surface area contributed by atoms with E-state index < -0.39 is 0 Å². The van der Waals surface area contributed by atoms with Crippen molar-refractivity contribution in [2.45, 2.75) is 13.8 Å². The lowest BCUT2D eigenvalue weighted by Gasteiger charge is -2.07. The van der Waals surface area contributed by atoms with Gasteiger partial charge < -0.3 is 5.32 Å². The fourth-order valence-corrected chi connectivity index (χ4v) is 2.40. The van der Waals surface area contributed by atoms with Crippen LogP contribution in [-0.4, -0.2) is 5.91 Å². The van der Waals surface area contributed by atoms with Gasteiger partial charge in [-0.3, -0.25) is 4.79 Å². The summed E-state index contributed by atoms with van der Waals surface area (Å²) in [4.78, 5) is 12.0. The standard InChI is InChI=1S/C17H15Cl2NO/c1-11-6-7-12(2)16(10-11)20-17(21)9-8-13-14(18)4-3-5-15(13)19/h3-10H,1-2H3,(H,20,21)/b9-8+.